The van der Waals surface area contributed by atoms with Crippen LogP contribution in [-0.2, 0) is 19.6 Å². The molecule has 3 aromatic rings. The first kappa shape index (κ1) is 21.0. The van der Waals surface area contributed by atoms with Crippen molar-refractivity contribution in [1.29, 1.82) is 0 Å². The molecule has 1 saturated heterocycles. The maximum Gasteiger partial charge on any atom is 0.416 e. The number of aromatic nitrogens is 4. The van der Waals surface area contributed by atoms with E-state index in [1.54, 1.807) is 29.0 Å². The maximum atomic E-state index is 12.8. The number of likely N-dealkylation sites (tertiary alicyclic amines) is 1. The smallest absolute Gasteiger partial charge is 0.416 e. The SMILES string of the molecule is Cn1cc(C(=O)N2CCC(c3cc(CCOc4cccc(C(F)(F)F)c4)[nH]n3)C2)cn1. The summed E-state index contributed by atoms with van der Waals surface area (Å²) in [6.07, 6.45) is 0.163. The second-order valence-electron chi connectivity index (χ2n) is 7.58. The zero-order valence-electron chi connectivity index (χ0n) is 16.9. The maximum absolute atomic E-state index is 12.8. The predicted octanol–water partition coefficient (Wildman–Crippen LogP) is 3.41. The Morgan fingerprint density at radius 1 is 1.32 bits per heavy atom. The highest BCUT2D eigenvalue weighted by molar-refractivity contribution is 5.94. The van der Waals surface area contributed by atoms with Crippen LogP contribution in [0.4, 0.5) is 13.2 Å². The van der Waals surface area contributed by atoms with Crippen molar-refractivity contribution in [3.63, 3.8) is 0 Å². The molecule has 0 bridgehead atoms. The van der Waals surface area contributed by atoms with Crippen LogP contribution >= 0.6 is 0 Å². The number of nitrogens with one attached hydrogen (secondary N) is 1. The summed E-state index contributed by atoms with van der Waals surface area (Å²) in [6.45, 7) is 1.46. The molecule has 1 aliphatic rings. The lowest BCUT2D eigenvalue weighted by Crippen LogP contribution is -2.28. The Morgan fingerprint density at radius 3 is 2.90 bits per heavy atom. The summed E-state index contributed by atoms with van der Waals surface area (Å²) in [6, 6.07) is 6.76. The molecule has 10 heteroatoms. The number of hydrogen-bond acceptors (Lipinski definition) is 4. The Morgan fingerprint density at radius 2 is 2.16 bits per heavy atom. The summed E-state index contributed by atoms with van der Waals surface area (Å²) in [5, 5.41) is 11.4. The number of nitrogens with zero attached hydrogens (tertiary/aromatic N) is 4. The molecule has 1 amide bonds. The van der Waals surface area contributed by atoms with Crippen molar-refractivity contribution in [2.24, 2.45) is 7.05 Å². The molecular weight excluding hydrogens is 411 g/mol. The Hall–Kier alpha value is -3.30. The minimum Gasteiger partial charge on any atom is -0.493 e. The Kier molecular flexibility index (Phi) is 5.71. The topological polar surface area (TPSA) is 76.0 Å². The summed E-state index contributed by atoms with van der Waals surface area (Å²) >= 11 is 0. The van der Waals surface area contributed by atoms with Gasteiger partial charge < -0.3 is 9.64 Å². The second-order valence-corrected chi connectivity index (χ2v) is 7.58. The zero-order chi connectivity index (χ0) is 22.0. The lowest BCUT2D eigenvalue weighted by atomic mass is 10.0. The molecule has 7 nitrogen and oxygen atoms in total. The van der Waals surface area contributed by atoms with Gasteiger partial charge in [-0.1, -0.05) is 6.07 Å². The number of halogens is 3. The van der Waals surface area contributed by atoms with E-state index in [9.17, 15) is 18.0 Å². The number of amides is 1. The molecule has 4 rings (SSSR count). The van der Waals surface area contributed by atoms with E-state index in [0.29, 0.717) is 25.1 Å². The van der Waals surface area contributed by atoms with Crippen LogP contribution in [0.15, 0.2) is 42.7 Å². The number of rotatable bonds is 6. The highest BCUT2D eigenvalue weighted by atomic mass is 19.4. The molecule has 0 spiro atoms. The number of alkyl halides is 3. The highest BCUT2D eigenvalue weighted by Gasteiger charge is 2.31. The van der Waals surface area contributed by atoms with Crippen LogP contribution in [0.25, 0.3) is 0 Å². The summed E-state index contributed by atoms with van der Waals surface area (Å²) in [4.78, 5) is 14.4. The van der Waals surface area contributed by atoms with Crippen molar-refractivity contribution in [1.82, 2.24) is 24.9 Å². The lowest BCUT2D eigenvalue weighted by Gasteiger charge is -2.14. The van der Waals surface area contributed by atoms with Crippen LogP contribution in [-0.4, -0.2) is 50.5 Å². The van der Waals surface area contributed by atoms with Gasteiger partial charge in [0.15, 0.2) is 0 Å². The molecule has 1 N–H and O–H groups in total. The van der Waals surface area contributed by atoms with Gasteiger partial charge >= 0.3 is 6.18 Å². The molecule has 0 radical (unpaired) electrons. The number of aromatic amines is 1. The average molecular weight is 433 g/mol. The quantitative estimate of drug-likeness (QED) is 0.647. The number of carbonyl (C=O) groups excluding carboxylic acids is 1. The minimum absolute atomic E-state index is 0.0409. The van der Waals surface area contributed by atoms with Gasteiger partial charge in [-0.05, 0) is 30.7 Å². The number of carbonyl (C=O) groups is 1. The molecule has 1 atom stereocenters. The molecule has 0 aliphatic carbocycles. The van der Waals surface area contributed by atoms with E-state index < -0.39 is 11.7 Å². The van der Waals surface area contributed by atoms with E-state index in [0.717, 1.165) is 29.9 Å². The first-order valence-electron chi connectivity index (χ1n) is 9.92. The van der Waals surface area contributed by atoms with Crippen molar-refractivity contribution in [3.8, 4) is 5.75 Å². The average Bonchev–Trinajstić information content (AvgIpc) is 3.47. The number of ether oxygens (including phenoxy) is 1. The van der Waals surface area contributed by atoms with Gasteiger partial charge in [0.25, 0.3) is 5.91 Å². The molecule has 0 saturated carbocycles. The summed E-state index contributed by atoms with van der Waals surface area (Å²) in [5.41, 5.74) is 1.53. The molecule has 2 aromatic heterocycles. The van der Waals surface area contributed by atoms with Crippen LogP contribution in [0.3, 0.4) is 0 Å². The van der Waals surface area contributed by atoms with Crippen molar-refractivity contribution >= 4 is 5.91 Å². The number of benzene rings is 1. The first-order valence-corrected chi connectivity index (χ1v) is 9.92. The Labute approximate surface area is 176 Å². The van der Waals surface area contributed by atoms with E-state index in [1.807, 2.05) is 6.07 Å². The minimum atomic E-state index is -4.40. The normalized spacial score (nSPS) is 16.6. The van der Waals surface area contributed by atoms with E-state index >= 15 is 0 Å². The summed E-state index contributed by atoms with van der Waals surface area (Å²) in [5.74, 6) is 0.269. The van der Waals surface area contributed by atoms with Gasteiger partial charge in [-0.25, -0.2) is 0 Å². The number of aryl methyl sites for hydroxylation is 1. The summed E-state index contributed by atoms with van der Waals surface area (Å²) < 4.78 is 45.4. The zero-order valence-corrected chi connectivity index (χ0v) is 16.9. The highest BCUT2D eigenvalue weighted by Crippen LogP contribution is 2.31. The van der Waals surface area contributed by atoms with Crippen LogP contribution < -0.4 is 4.74 Å². The van der Waals surface area contributed by atoms with Crippen LogP contribution in [0.1, 0.15) is 39.6 Å². The predicted molar refractivity (Wildman–Crippen MR) is 106 cm³/mol. The number of hydrogen-bond donors (Lipinski definition) is 1. The van der Waals surface area contributed by atoms with Crippen LogP contribution in [0.5, 0.6) is 5.75 Å². The third kappa shape index (κ3) is 4.89. The third-order valence-electron chi connectivity index (χ3n) is 5.30. The van der Waals surface area contributed by atoms with E-state index in [2.05, 4.69) is 15.3 Å². The third-order valence-corrected chi connectivity index (χ3v) is 5.30. The van der Waals surface area contributed by atoms with E-state index in [4.69, 9.17) is 4.74 Å². The Bertz CT molecular complexity index is 1060. The standard InChI is InChI=1S/C21H22F3N5O2/c1-28-12-15(11-25-28)20(30)29-7-5-14(13-29)19-10-17(26-27-19)6-8-31-18-4-2-3-16(9-18)21(22,23)24/h2-4,9-12,14H,5-8,13H2,1H3,(H,26,27). The second kappa shape index (κ2) is 8.44. The molecule has 164 valence electrons. The fourth-order valence-electron chi connectivity index (χ4n) is 3.66. The number of H-pyrrole nitrogens is 1. The lowest BCUT2D eigenvalue weighted by molar-refractivity contribution is -0.137. The van der Waals surface area contributed by atoms with Gasteiger partial charge in [-0.15, -0.1) is 0 Å². The van der Waals surface area contributed by atoms with Crippen molar-refractivity contribution < 1.29 is 22.7 Å². The van der Waals surface area contributed by atoms with Crippen LogP contribution in [0.2, 0.25) is 0 Å². The van der Waals surface area contributed by atoms with Crippen molar-refractivity contribution in [3.05, 3.63) is 65.2 Å². The van der Waals surface area contributed by atoms with Gasteiger partial charge in [0, 0.05) is 44.4 Å². The van der Waals surface area contributed by atoms with Gasteiger partial charge in [0.1, 0.15) is 5.75 Å². The van der Waals surface area contributed by atoms with E-state index in [-0.39, 0.29) is 24.2 Å². The molecule has 1 aliphatic heterocycles. The van der Waals surface area contributed by atoms with Gasteiger partial charge in [0.2, 0.25) is 0 Å². The summed E-state index contributed by atoms with van der Waals surface area (Å²) in [7, 11) is 1.77. The fourth-order valence-corrected chi connectivity index (χ4v) is 3.66. The first-order chi connectivity index (χ1) is 14.8. The van der Waals surface area contributed by atoms with Crippen LogP contribution in [0, 0.1) is 0 Å². The fraction of sp³-hybridized carbons (Fsp3) is 0.381. The Balaban J connectivity index is 1.29. The molecule has 1 fully saturated rings. The van der Waals surface area contributed by atoms with E-state index in [1.165, 1.54) is 12.1 Å². The molecule has 3 heterocycles. The van der Waals surface area contributed by atoms with Gasteiger partial charge in [0.05, 0.1) is 29.6 Å². The van der Waals surface area contributed by atoms with Gasteiger partial charge in [-0.2, -0.15) is 23.4 Å². The largest absolute Gasteiger partial charge is 0.493 e. The van der Waals surface area contributed by atoms with Crippen molar-refractivity contribution in [2.75, 3.05) is 19.7 Å². The van der Waals surface area contributed by atoms with Crippen molar-refractivity contribution in [2.45, 2.75) is 24.9 Å². The monoisotopic (exact) mass is 433 g/mol. The molecular formula is C21H22F3N5O2. The molecule has 31 heavy (non-hydrogen) atoms. The molecule has 1 aromatic carbocycles. The van der Waals surface area contributed by atoms with Gasteiger partial charge in [-0.3, -0.25) is 14.6 Å². The molecule has 1 unspecified atom stereocenters.